The average Bonchev–Trinajstić information content (AvgIpc) is 2.85. The molecule has 0 spiro atoms. The lowest BCUT2D eigenvalue weighted by atomic mass is 10.0. The maximum absolute atomic E-state index is 14.7. The highest BCUT2D eigenvalue weighted by atomic mass is 35.5. The van der Waals surface area contributed by atoms with Crippen LogP contribution in [0.15, 0.2) is 42.5 Å². The number of halogens is 3. The molecule has 0 heterocycles. The Balaban J connectivity index is 1.84. The highest BCUT2D eigenvalue weighted by Crippen LogP contribution is 2.24. The zero-order valence-corrected chi connectivity index (χ0v) is 20.9. The van der Waals surface area contributed by atoms with E-state index in [0.717, 1.165) is 44.7 Å². The summed E-state index contributed by atoms with van der Waals surface area (Å²) in [6.45, 7) is 1.16. The van der Waals surface area contributed by atoms with Crippen LogP contribution in [0.4, 0.5) is 8.78 Å². The van der Waals surface area contributed by atoms with Gasteiger partial charge in [-0.25, -0.2) is 8.78 Å². The zero-order chi connectivity index (χ0) is 25.5. The van der Waals surface area contributed by atoms with Gasteiger partial charge in [0.2, 0.25) is 5.91 Å². The van der Waals surface area contributed by atoms with Gasteiger partial charge in [-0.3, -0.25) is 9.59 Å². The Morgan fingerprint density at radius 3 is 2.06 bits per heavy atom. The smallest absolute Gasteiger partial charge is 0.255 e. The van der Waals surface area contributed by atoms with Crippen molar-refractivity contribution in [3.8, 4) is 0 Å². The van der Waals surface area contributed by atoms with Crippen molar-refractivity contribution in [3.05, 3.63) is 70.2 Å². The molecule has 0 saturated carbocycles. The maximum atomic E-state index is 14.7. The monoisotopic (exact) mass is 507 g/mol. The summed E-state index contributed by atoms with van der Waals surface area (Å²) in [4.78, 5) is 25.5. The van der Waals surface area contributed by atoms with Crippen molar-refractivity contribution >= 4 is 23.4 Å². The van der Waals surface area contributed by atoms with Crippen molar-refractivity contribution in [2.75, 3.05) is 13.1 Å². The van der Waals surface area contributed by atoms with Gasteiger partial charge in [0.05, 0.1) is 10.6 Å². The van der Waals surface area contributed by atoms with Crippen molar-refractivity contribution in [1.82, 2.24) is 10.6 Å². The van der Waals surface area contributed by atoms with Crippen LogP contribution >= 0.6 is 11.6 Å². The number of rotatable bonds is 16. The Kier molecular flexibility index (Phi) is 13.3. The summed E-state index contributed by atoms with van der Waals surface area (Å²) >= 11 is 5.89. The largest absolute Gasteiger partial charge is 0.354 e. The minimum atomic E-state index is -1.35. The molecule has 1 atom stereocenters. The van der Waals surface area contributed by atoms with Gasteiger partial charge in [-0.15, -0.1) is 0 Å². The van der Waals surface area contributed by atoms with Crippen LogP contribution < -0.4 is 16.4 Å². The van der Waals surface area contributed by atoms with E-state index in [-0.39, 0.29) is 16.1 Å². The van der Waals surface area contributed by atoms with Crippen molar-refractivity contribution in [2.24, 2.45) is 5.73 Å². The third-order valence-electron chi connectivity index (χ3n) is 5.88. The van der Waals surface area contributed by atoms with E-state index in [2.05, 4.69) is 10.6 Å². The lowest BCUT2D eigenvalue weighted by Crippen LogP contribution is -2.41. The third-order valence-corrected chi connectivity index (χ3v) is 6.17. The number of carbonyl (C=O) groups excluding carboxylic acids is 2. The highest BCUT2D eigenvalue weighted by molar-refractivity contribution is 6.30. The molecule has 1 unspecified atom stereocenters. The van der Waals surface area contributed by atoms with Gasteiger partial charge >= 0.3 is 0 Å². The molecule has 2 rings (SSSR count). The first-order valence-electron chi connectivity index (χ1n) is 12.4. The maximum Gasteiger partial charge on any atom is 0.255 e. The van der Waals surface area contributed by atoms with E-state index in [4.69, 9.17) is 17.3 Å². The molecule has 2 aromatic rings. The van der Waals surface area contributed by atoms with Gasteiger partial charge in [-0.05, 0) is 37.6 Å². The van der Waals surface area contributed by atoms with Crippen molar-refractivity contribution < 1.29 is 18.4 Å². The van der Waals surface area contributed by atoms with Crippen molar-refractivity contribution in [2.45, 2.75) is 70.3 Å². The molecule has 0 fully saturated rings. The molecule has 0 aliphatic heterocycles. The number of hydrogen-bond donors (Lipinski definition) is 3. The van der Waals surface area contributed by atoms with Crippen LogP contribution in [0, 0.1) is 11.6 Å². The molecule has 4 N–H and O–H groups in total. The summed E-state index contributed by atoms with van der Waals surface area (Å²) in [6, 6.07) is 8.29. The fourth-order valence-corrected chi connectivity index (χ4v) is 4.06. The topological polar surface area (TPSA) is 84.2 Å². The molecular formula is C27H36ClF2N3O2. The number of hydrogen-bond acceptors (Lipinski definition) is 3. The minimum absolute atomic E-state index is 0.0776. The number of benzene rings is 2. The Morgan fingerprint density at radius 2 is 1.43 bits per heavy atom. The van der Waals surface area contributed by atoms with E-state index < -0.39 is 29.5 Å². The first-order valence-corrected chi connectivity index (χ1v) is 12.8. The van der Waals surface area contributed by atoms with Crippen LogP contribution in [0.5, 0.6) is 0 Å². The molecule has 5 nitrogen and oxygen atoms in total. The van der Waals surface area contributed by atoms with Crippen LogP contribution in [0.1, 0.15) is 86.2 Å². The van der Waals surface area contributed by atoms with Crippen molar-refractivity contribution in [1.29, 1.82) is 0 Å². The van der Waals surface area contributed by atoms with E-state index in [1.165, 1.54) is 68.5 Å². The second kappa shape index (κ2) is 16.2. The summed E-state index contributed by atoms with van der Waals surface area (Å²) in [6.07, 6.45) is 11.2. The van der Waals surface area contributed by atoms with Gasteiger partial charge in [0.25, 0.3) is 5.91 Å². The standard InChI is InChI=1S/C27H36ClF2N3O2/c28-22-16-13-15-21(24(22)30)25(33-26(34)20-14-9-10-17-23(20)29)27(35)32-19-12-8-6-4-2-1-3-5-7-11-18-31/h9-10,13-17,25H,1-8,11-12,18-19,31H2,(H,32,35)(H,33,34). The van der Waals surface area contributed by atoms with E-state index in [1.54, 1.807) is 0 Å². The summed E-state index contributed by atoms with van der Waals surface area (Å²) in [5, 5.41) is 5.05. The van der Waals surface area contributed by atoms with Gasteiger partial charge in [0.1, 0.15) is 17.7 Å². The number of unbranched alkanes of at least 4 members (excludes halogenated alkanes) is 9. The molecule has 2 amide bonds. The molecule has 192 valence electrons. The number of nitrogens with one attached hydrogen (secondary N) is 2. The van der Waals surface area contributed by atoms with Crippen molar-refractivity contribution in [3.63, 3.8) is 0 Å². The van der Waals surface area contributed by atoms with Gasteiger partial charge in [-0.2, -0.15) is 0 Å². The number of amides is 2. The molecule has 8 heteroatoms. The fraction of sp³-hybridized carbons (Fsp3) is 0.481. The molecule has 35 heavy (non-hydrogen) atoms. The molecule has 0 aliphatic rings. The summed E-state index contributed by atoms with van der Waals surface area (Å²) in [5.74, 6) is -2.92. The van der Waals surface area contributed by atoms with Crippen LogP contribution in [0.2, 0.25) is 5.02 Å². The molecule has 0 aromatic heterocycles. The molecule has 2 aromatic carbocycles. The van der Waals surface area contributed by atoms with Crippen LogP contribution in [0.25, 0.3) is 0 Å². The molecule has 0 aliphatic carbocycles. The van der Waals surface area contributed by atoms with Gasteiger partial charge in [0.15, 0.2) is 0 Å². The first-order chi connectivity index (χ1) is 17.0. The summed E-state index contributed by atoms with van der Waals surface area (Å²) in [5.41, 5.74) is 5.19. The predicted molar refractivity (Wildman–Crippen MR) is 136 cm³/mol. The third kappa shape index (κ3) is 9.94. The first kappa shape index (κ1) is 28.7. The van der Waals surface area contributed by atoms with E-state index in [0.29, 0.717) is 6.54 Å². The fourth-order valence-electron chi connectivity index (χ4n) is 3.88. The summed E-state index contributed by atoms with van der Waals surface area (Å²) < 4.78 is 28.7. The lowest BCUT2D eigenvalue weighted by Gasteiger charge is -2.20. The predicted octanol–water partition coefficient (Wildman–Crippen LogP) is 6.07. The number of carbonyl (C=O) groups is 2. The Morgan fingerprint density at radius 1 is 0.829 bits per heavy atom. The van der Waals surface area contributed by atoms with E-state index in [9.17, 15) is 18.4 Å². The Bertz CT molecular complexity index is 942. The van der Waals surface area contributed by atoms with Gasteiger partial charge in [-0.1, -0.05) is 87.2 Å². The zero-order valence-electron chi connectivity index (χ0n) is 20.1. The summed E-state index contributed by atoms with van der Waals surface area (Å²) in [7, 11) is 0. The van der Waals surface area contributed by atoms with E-state index >= 15 is 0 Å². The normalized spacial score (nSPS) is 11.8. The second-order valence-electron chi connectivity index (χ2n) is 8.64. The molecule has 0 saturated heterocycles. The molecule has 0 radical (unpaired) electrons. The highest BCUT2D eigenvalue weighted by Gasteiger charge is 2.27. The van der Waals surface area contributed by atoms with Gasteiger partial charge in [0, 0.05) is 12.1 Å². The average molecular weight is 508 g/mol. The Labute approximate surface area is 211 Å². The second-order valence-corrected chi connectivity index (χ2v) is 9.05. The van der Waals surface area contributed by atoms with Crippen LogP contribution in [0.3, 0.4) is 0 Å². The number of nitrogens with two attached hydrogens (primary N) is 1. The lowest BCUT2D eigenvalue weighted by molar-refractivity contribution is -0.123. The van der Waals surface area contributed by atoms with Crippen LogP contribution in [-0.4, -0.2) is 24.9 Å². The van der Waals surface area contributed by atoms with Gasteiger partial charge < -0.3 is 16.4 Å². The molecular weight excluding hydrogens is 472 g/mol. The minimum Gasteiger partial charge on any atom is -0.354 e. The SMILES string of the molecule is NCCCCCCCCCCCCNC(=O)C(NC(=O)c1ccccc1F)c1cccc(Cl)c1F. The molecule has 0 bridgehead atoms. The Hall–Kier alpha value is -2.51. The van der Waals surface area contributed by atoms with Crippen LogP contribution in [-0.2, 0) is 4.79 Å². The van der Waals surface area contributed by atoms with E-state index in [1.807, 2.05) is 0 Å². The quantitative estimate of drug-likeness (QED) is 0.241.